The van der Waals surface area contributed by atoms with Crippen molar-refractivity contribution < 1.29 is 0 Å². The van der Waals surface area contributed by atoms with Crippen molar-refractivity contribution in [1.29, 1.82) is 0 Å². The highest BCUT2D eigenvalue weighted by atomic mass is 79.9. The smallest absolute Gasteiger partial charge is 0.136 e. The quantitative estimate of drug-likeness (QED) is 0.852. The Balaban J connectivity index is 2.28. The molecule has 0 saturated heterocycles. The molecule has 1 aromatic rings. The van der Waals surface area contributed by atoms with Crippen LogP contribution in [0, 0.1) is 12.3 Å². The maximum atomic E-state index is 6.03. The fourth-order valence-electron chi connectivity index (χ4n) is 2.43. The Hall–Kier alpha value is -0.510. The van der Waals surface area contributed by atoms with Crippen LogP contribution >= 0.6 is 15.9 Å². The van der Waals surface area contributed by atoms with E-state index in [1.165, 1.54) is 19.3 Å². The van der Waals surface area contributed by atoms with Crippen molar-refractivity contribution in [3.05, 3.63) is 10.2 Å². The van der Waals surface area contributed by atoms with Crippen LogP contribution in [-0.2, 0) is 0 Å². The van der Waals surface area contributed by atoms with Gasteiger partial charge in [0.2, 0.25) is 0 Å². The lowest BCUT2D eigenvalue weighted by atomic mass is 9.92. The van der Waals surface area contributed by atoms with Crippen LogP contribution in [0.15, 0.2) is 4.47 Å². The van der Waals surface area contributed by atoms with Crippen LogP contribution < -0.4 is 5.73 Å². The SMILES string of the molecule is Cc1nn(C2CCC(C)(C)C2)c(N)c1Br. The first kappa shape index (κ1) is 11.0. The molecule has 1 saturated carbocycles. The van der Waals surface area contributed by atoms with E-state index in [1.807, 2.05) is 11.6 Å². The van der Waals surface area contributed by atoms with E-state index in [0.717, 1.165) is 16.0 Å². The molecule has 1 aliphatic carbocycles. The summed E-state index contributed by atoms with van der Waals surface area (Å²) in [4.78, 5) is 0. The van der Waals surface area contributed by atoms with Crippen LogP contribution in [0.4, 0.5) is 5.82 Å². The molecular weight excluding hydrogens is 254 g/mol. The Bertz CT molecular complexity index is 381. The summed E-state index contributed by atoms with van der Waals surface area (Å²) in [5.74, 6) is 0.773. The van der Waals surface area contributed by atoms with Gasteiger partial charge in [0.25, 0.3) is 0 Å². The molecule has 1 atom stereocenters. The van der Waals surface area contributed by atoms with Crippen LogP contribution in [0.3, 0.4) is 0 Å². The van der Waals surface area contributed by atoms with E-state index in [1.54, 1.807) is 0 Å². The second kappa shape index (κ2) is 3.51. The number of nitrogens with zero attached hydrogens (tertiary/aromatic N) is 2. The lowest BCUT2D eigenvalue weighted by Gasteiger charge is -2.17. The van der Waals surface area contributed by atoms with E-state index in [0.29, 0.717) is 11.5 Å². The van der Waals surface area contributed by atoms with Gasteiger partial charge >= 0.3 is 0 Å². The number of anilines is 1. The maximum Gasteiger partial charge on any atom is 0.136 e. The third-order valence-electron chi connectivity index (χ3n) is 3.34. The average Bonchev–Trinajstić information content (AvgIpc) is 2.62. The molecule has 4 heteroatoms. The topological polar surface area (TPSA) is 43.8 Å². The molecule has 1 fully saturated rings. The lowest BCUT2D eigenvalue weighted by Crippen LogP contribution is -2.12. The normalized spacial score (nSPS) is 24.7. The van der Waals surface area contributed by atoms with Crippen molar-refractivity contribution in [2.45, 2.75) is 46.1 Å². The number of aromatic nitrogens is 2. The molecule has 0 radical (unpaired) electrons. The molecule has 0 aliphatic heterocycles. The van der Waals surface area contributed by atoms with Crippen LogP contribution in [-0.4, -0.2) is 9.78 Å². The van der Waals surface area contributed by atoms with Crippen LogP contribution in [0.1, 0.15) is 44.8 Å². The Morgan fingerprint density at radius 3 is 2.60 bits per heavy atom. The summed E-state index contributed by atoms with van der Waals surface area (Å²) in [6, 6.07) is 0.477. The first-order valence-electron chi connectivity index (χ1n) is 5.41. The van der Waals surface area contributed by atoms with Gasteiger partial charge in [-0.15, -0.1) is 0 Å². The van der Waals surface area contributed by atoms with Crippen LogP contribution in [0.2, 0.25) is 0 Å². The molecule has 1 heterocycles. The largest absolute Gasteiger partial charge is 0.383 e. The molecule has 2 rings (SSSR count). The van der Waals surface area contributed by atoms with Gasteiger partial charge in [-0.25, -0.2) is 4.68 Å². The standard InChI is InChI=1S/C11H18BrN3/c1-7-9(12)10(13)15(14-7)8-4-5-11(2,3)6-8/h8H,4-6,13H2,1-3H3. The second-order valence-electron chi connectivity index (χ2n) is 5.29. The van der Waals surface area contributed by atoms with Gasteiger partial charge in [0.15, 0.2) is 0 Å². The third-order valence-corrected chi connectivity index (χ3v) is 4.32. The Morgan fingerprint density at radius 1 is 1.53 bits per heavy atom. The number of halogens is 1. The summed E-state index contributed by atoms with van der Waals surface area (Å²) >= 11 is 3.47. The predicted octanol–water partition coefficient (Wildman–Crippen LogP) is 3.29. The minimum absolute atomic E-state index is 0.434. The molecule has 0 aromatic carbocycles. The van der Waals surface area contributed by atoms with Crippen molar-refractivity contribution in [3.63, 3.8) is 0 Å². The summed E-state index contributed by atoms with van der Waals surface area (Å²) in [6.45, 7) is 6.61. The van der Waals surface area contributed by atoms with E-state index in [2.05, 4.69) is 34.9 Å². The molecular formula is C11H18BrN3. The van der Waals surface area contributed by atoms with E-state index in [4.69, 9.17) is 5.73 Å². The van der Waals surface area contributed by atoms with Crippen molar-refractivity contribution >= 4 is 21.7 Å². The van der Waals surface area contributed by atoms with Gasteiger partial charge in [-0.2, -0.15) is 5.10 Å². The molecule has 0 bridgehead atoms. The van der Waals surface area contributed by atoms with Gasteiger partial charge in [-0.05, 0) is 47.5 Å². The lowest BCUT2D eigenvalue weighted by molar-refractivity contribution is 0.351. The summed E-state index contributed by atoms with van der Waals surface area (Å²) in [5.41, 5.74) is 7.44. The molecule has 1 aromatic heterocycles. The van der Waals surface area contributed by atoms with Gasteiger partial charge in [0.05, 0.1) is 16.2 Å². The number of nitrogen functional groups attached to an aromatic ring is 1. The minimum atomic E-state index is 0.434. The van der Waals surface area contributed by atoms with Crippen molar-refractivity contribution in [1.82, 2.24) is 9.78 Å². The van der Waals surface area contributed by atoms with Gasteiger partial charge < -0.3 is 5.73 Å². The second-order valence-corrected chi connectivity index (χ2v) is 6.08. The number of hydrogen-bond acceptors (Lipinski definition) is 2. The highest BCUT2D eigenvalue weighted by Crippen LogP contribution is 2.44. The molecule has 15 heavy (non-hydrogen) atoms. The van der Waals surface area contributed by atoms with Gasteiger partial charge in [-0.3, -0.25) is 0 Å². The van der Waals surface area contributed by atoms with Gasteiger partial charge in [-0.1, -0.05) is 13.8 Å². The van der Waals surface area contributed by atoms with Crippen LogP contribution in [0.5, 0.6) is 0 Å². The fourth-order valence-corrected chi connectivity index (χ4v) is 2.69. The number of rotatable bonds is 1. The Kier molecular flexibility index (Phi) is 2.57. The molecule has 0 amide bonds. The molecule has 2 N–H and O–H groups in total. The first-order valence-corrected chi connectivity index (χ1v) is 6.20. The van der Waals surface area contributed by atoms with E-state index < -0.39 is 0 Å². The molecule has 84 valence electrons. The van der Waals surface area contributed by atoms with E-state index >= 15 is 0 Å². The van der Waals surface area contributed by atoms with Crippen LogP contribution in [0.25, 0.3) is 0 Å². The third kappa shape index (κ3) is 1.92. The average molecular weight is 272 g/mol. The van der Waals surface area contributed by atoms with Crippen molar-refractivity contribution in [3.8, 4) is 0 Å². The molecule has 1 unspecified atom stereocenters. The highest BCUT2D eigenvalue weighted by Gasteiger charge is 2.33. The van der Waals surface area contributed by atoms with E-state index in [9.17, 15) is 0 Å². The summed E-state index contributed by atoms with van der Waals surface area (Å²) in [5, 5.41) is 4.50. The first-order chi connectivity index (χ1) is 6.91. The zero-order valence-electron chi connectivity index (χ0n) is 9.55. The fraction of sp³-hybridized carbons (Fsp3) is 0.727. The number of aryl methyl sites for hydroxylation is 1. The Labute approximate surface area is 99.2 Å². The molecule has 0 spiro atoms. The van der Waals surface area contributed by atoms with Crippen molar-refractivity contribution in [2.24, 2.45) is 5.41 Å². The monoisotopic (exact) mass is 271 g/mol. The van der Waals surface area contributed by atoms with Crippen molar-refractivity contribution in [2.75, 3.05) is 5.73 Å². The summed E-state index contributed by atoms with van der Waals surface area (Å²) in [7, 11) is 0. The molecule has 1 aliphatic rings. The highest BCUT2D eigenvalue weighted by molar-refractivity contribution is 9.10. The molecule has 3 nitrogen and oxygen atoms in total. The number of nitrogens with two attached hydrogens (primary N) is 1. The maximum absolute atomic E-state index is 6.03. The Morgan fingerprint density at radius 2 is 2.20 bits per heavy atom. The zero-order chi connectivity index (χ0) is 11.2. The zero-order valence-corrected chi connectivity index (χ0v) is 11.1. The predicted molar refractivity (Wildman–Crippen MR) is 65.7 cm³/mol. The van der Waals surface area contributed by atoms with E-state index in [-0.39, 0.29) is 0 Å². The van der Waals surface area contributed by atoms with Gasteiger partial charge in [0, 0.05) is 0 Å². The van der Waals surface area contributed by atoms with Gasteiger partial charge in [0.1, 0.15) is 5.82 Å². The summed E-state index contributed by atoms with van der Waals surface area (Å²) < 4.78 is 2.95. The summed E-state index contributed by atoms with van der Waals surface area (Å²) in [6.07, 6.45) is 3.61. The minimum Gasteiger partial charge on any atom is -0.383 e. The number of hydrogen-bond donors (Lipinski definition) is 1.